The van der Waals surface area contributed by atoms with Gasteiger partial charge in [-0.1, -0.05) is 111 Å². The average Bonchev–Trinajstić information content (AvgIpc) is 2.73. The van der Waals surface area contributed by atoms with Gasteiger partial charge in [-0.2, -0.15) is 5.70 Å². The van der Waals surface area contributed by atoms with Crippen LogP contribution in [0.5, 0.6) is 0 Å². The maximum atomic E-state index is 7.13. The fourth-order valence-electron chi connectivity index (χ4n) is 3.09. The minimum atomic E-state index is -1.21. The summed E-state index contributed by atoms with van der Waals surface area (Å²) in [4.78, 5) is 0. The van der Waals surface area contributed by atoms with E-state index >= 15 is 0 Å². The number of rotatable bonds is 1. The molecule has 0 aliphatic carbocycles. The van der Waals surface area contributed by atoms with Gasteiger partial charge in [-0.15, -0.1) is 19.1 Å². The zero-order valence-corrected chi connectivity index (χ0v) is 31.6. The zero-order chi connectivity index (χ0) is 28.1. The zero-order valence-electron chi connectivity index (χ0n) is 25.0. The van der Waals surface area contributed by atoms with Crippen LogP contribution >= 0.6 is 0 Å². The summed E-state index contributed by atoms with van der Waals surface area (Å²) in [7, 11) is -2.43. The summed E-state index contributed by atoms with van der Waals surface area (Å²) in [6, 6.07) is 0.319. The van der Waals surface area contributed by atoms with Crippen molar-refractivity contribution in [2.75, 3.05) is 13.1 Å². The molecular weight excluding hydrogens is 782 g/mol. The summed E-state index contributed by atoms with van der Waals surface area (Å²) in [6.45, 7) is 28.2. The number of thiocyanates is 1. The van der Waals surface area contributed by atoms with Gasteiger partial charge >= 0.3 is 21.1 Å². The van der Waals surface area contributed by atoms with Gasteiger partial charge in [-0.25, -0.2) is 5.26 Å². The van der Waals surface area contributed by atoms with E-state index in [-0.39, 0.29) is 48.9 Å². The molecule has 0 N–H and O–H groups in total. The molecule has 3 nitrogen and oxygen atoms in total. The van der Waals surface area contributed by atoms with E-state index in [4.69, 9.17) is 28.7 Å². The predicted molar refractivity (Wildman–Crippen MR) is 162 cm³/mol. The van der Waals surface area contributed by atoms with E-state index in [0.717, 1.165) is 25.4 Å². The van der Waals surface area contributed by atoms with E-state index in [1.165, 1.54) is 23.1 Å². The molecule has 0 saturated carbocycles. The largest absolute Gasteiger partial charge is 2.00 e. The second-order valence-corrected chi connectivity index (χ2v) is 22.9. The molecule has 1 fully saturated rings. The Kier molecular flexibility index (Phi) is 23.7. The summed E-state index contributed by atoms with van der Waals surface area (Å²) < 4.78 is 0. The van der Waals surface area contributed by atoms with Crippen LogP contribution in [0.3, 0.4) is 0 Å². The summed E-state index contributed by atoms with van der Waals surface area (Å²) in [5.74, 6) is 0.755. The molecule has 2 atom stereocenters. The Labute approximate surface area is 268 Å². The van der Waals surface area contributed by atoms with Gasteiger partial charge in [0.2, 0.25) is 0 Å². The predicted octanol–water partition coefficient (Wildman–Crippen LogP) is 8.35. The molecule has 1 saturated heterocycles. The Morgan fingerprint density at radius 3 is 1.70 bits per heavy atom. The third-order valence-corrected chi connectivity index (χ3v) is 6.91. The standard InChI is InChI=1S/C18H30N2.2C5H9Si.CHNS.Ag.Pt/c1-17(2,3)13-7-9-19-15(11-13)16-12-14(8-10-20-16)18(4,5)6;2*1-5-6(2,3)4;2-1-3;;/h7,11,14,16H,8-10,12H2,1-6H3;2*2-4H3;3H;;/q-2;2*-1;;;+2/p-1. The molecule has 0 aromatic rings. The fourth-order valence-corrected chi connectivity index (χ4v) is 3.09. The third-order valence-electron chi connectivity index (χ3n) is 5.41. The van der Waals surface area contributed by atoms with Crippen molar-refractivity contribution >= 4 is 28.8 Å². The van der Waals surface area contributed by atoms with Crippen LogP contribution in [0.2, 0.25) is 39.3 Å². The fraction of sp³-hybridized carbons (Fsp3) is 0.690. The quantitative estimate of drug-likeness (QED) is 0.0878. The molecule has 0 amide bonds. The molecule has 1 radical (unpaired) electrons. The van der Waals surface area contributed by atoms with Gasteiger partial charge in [-0.3, -0.25) is 0 Å². The number of hydrogen-bond donors (Lipinski definition) is 0. The number of piperidine rings is 1. The Morgan fingerprint density at radius 2 is 1.38 bits per heavy atom. The van der Waals surface area contributed by atoms with E-state index in [9.17, 15) is 0 Å². The first-order valence-electron chi connectivity index (χ1n) is 12.4. The molecule has 217 valence electrons. The SMILES string of the molecule is CC(C)(C)C1=CC[N-]C(C2CC(C(C)(C)C)CC[N-]2)=C1.N#C[S-].[Ag].[C-]#C[Si](C)(C)C.[C-]#C[Si](C)(C)C.[Pt+2]. The van der Waals surface area contributed by atoms with E-state index in [1.807, 2.05) is 0 Å². The first-order chi connectivity index (χ1) is 15.7. The van der Waals surface area contributed by atoms with Gasteiger partial charge in [0.05, 0.1) is 16.1 Å². The van der Waals surface area contributed by atoms with Gasteiger partial charge in [0.15, 0.2) is 0 Å². The molecule has 0 spiro atoms. The maximum Gasteiger partial charge on any atom is 2.00 e. The number of nitrogens with zero attached hydrogens (tertiary/aromatic N) is 3. The molecule has 0 aromatic carbocycles. The van der Waals surface area contributed by atoms with Gasteiger partial charge < -0.3 is 47.2 Å². The number of nitriles is 1. The minimum Gasteiger partial charge on any atom is -0.701 e. The van der Waals surface area contributed by atoms with Crippen LogP contribution in [-0.2, 0) is 56.1 Å². The summed E-state index contributed by atoms with van der Waals surface area (Å²) >= 11 is 3.70. The summed E-state index contributed by atoms with van der Waals surface area (Å²) in [6.07, 6.45) is 20.3. The molecule has 0 aromatic heterocycles. The first-order valence-corrected chi connectivity index (χ1v) is 19.8. The van der Waals surface area contributed by atoms with Crippen molar-refractivity contribution in [1.82, 2.24) is 0 Å². The second-order valence-electron chi connectivity index (χ2n) is 13.2. The van der Waals surface area contributed by atoms with Crippen LogP contribution in [0, 0.1) is 51.3 Å². The molecule has 2 aliphatic heterocycles. The van der Waals surface area contributed by atoms with Crippen molar-refractivity contribution in [1.29, 1.82) is 5.26 Å². The van der Waals surface area contributed by atoms with Crippen molar-refractivity contribution in [2.45, 2.75) is 99.7 Å². The molecule has 2 rings (SSSR count). The van der Waals surface area contributed by atoms with Crippen LogP contribution in [0.1, 0.15) is 54.4 Å². The molecule has 8 heteroatoms. The molecule has 2 aliphatic rings. The smallest absolute Gasteiger partial charge is 0.701 e. The van der Waals surface area contributed by atoms with E-state index < -0.39 is 16.1 Å². The van der Waals surface area contributed by atoms with Crippen molar-refractivity contribution in [3.05, 3.63) is 46.9 Å². The van der Waals surface area contributed by atoms with Crippen molar-refractivity contribution in [3.8, 4) is 16.5 Å². The molecule has 37 heavy (non-hydrogen) atoms. The topological polar surface area (TPSA) is 52.0 Å². The van der Waals surface area contributed by atoms with Crippen LogP contribution in [0.25, 0.3) is 10.6 Å². The first kappa shape index (κ1) is 44.0. The monoisotopic (exact) mass is 828 g/mol. The summed E-state index contributed by atoms with van der Waals surface area (Å²) in [5.41, 5.74) is 8.20. The molecule has 0 bridgehead atoms. The Bertz CT molecular complexity index is 801. The van der Waals surface area contributed by atoms with Gasteiger partial charge in [-0.05, 0) is 22.3 Å². The molecular formula is C29H48AgN3PtSSi2-3. The van der Waals surface area contributed by atoms with Crippen molar-refractivity contribution in [3.63, 3.8) is 0 Å². The van der Waals surface area contributed by atoms with E-state index in [2.05, 4.69) is 117 Å². The Balaban J connectivity index is -0.000000267. The Hall–Kier alpha value is -0.0677. The van der Waals surface area contributed by atoms with Crippen LogP contribution in [0.15, 0.2) is 23.4 Å². The van der Waals surface area contributed by atoms with Crippen LogP contribution < -0.4 is 0 Å². The molecule has 2 unspecified atom stereocenters. The van der Waals surface area contributed by atoms with Crippen molar-refractivity contribution < 1.29 is 43.4 Å². The average molecular weight is 830 g/mol. The van der Waals surface area contributed by atoms with Crippen LogP contribution in [0.4, 0.5) is 0 Å². The van der Waals surface area contributed by atoms with E-state index in [1.54, 1.807) is 0 Å². The number of allylic oxidation sites excluding steroid dienone is 2. The van der Waals surface area contributed by atoms with E-state index in [0.29, 0.717) is 11.5 Å². The maximum absolute atomic E-state index is 7.13. The second kappa shape index (κ2) is 19.9. The van der Waals surface area contributed by atoms with Gasteiger partial charge in [0.25, 0.3) is 0 Å². The minimum absolute atomic E-state index is 0. The van der Waals surface area contributed by atoms with Crippen LogP contribution in [-0.4, -0.2) is 35.3 Å². The summed E-state index contributed by atoms with van der Waals surface area (Å²) in [5, 5.41) is 18.0. The third kappa shape index (κ3) is 23.5. The van der Waals surface area contributed by atoms with Crippen molar-refractivity contribution in [2.24, 2.45) is 16.7 Å². The normalized spacial score (nSPS) is 18.9. The van der Waals surface area contributed by atoms with Gasteiger partial charge in [0.1, 0.15) is 0 Å². The van der Waals surface area contributed by atoms with Gasteiger partial charge in [0, 0.05) is 22.4 Å². The number of hydrogen-bond acceptors (Lipinski definition) is 2. The molecule has 2 heterocycles. The Morgan fingerprint density at radius 1 is 0.973 bits per heavy atom.